The maximum Gasteiger partial charge on any atom is 0.233 e. The van der Waals surface area contributed by atoms with Gasteiger partial charge in [-0.15, -0.1) is 10.2 Å². The Hall–Kier alpha value is -1.08. The van der Waals surface area contributed by atoms with Gasteiger partial charge in [0.05, 0.1) is 5.75 Å². The van der Waals surface area contributed by atoms with Crippen LogP contribution in [0.5, 0.6) is 0 Å². The highest BCUT2D eigenvalue weighted by Crippen LogP contribution is 2.25. The monoisotopic (exact) mass is 368 g/mol. The van der Waals surface area contributed by atoms with Crippen LogP contribution in [0.15, 0.2) is 5.16 Å². The van der Waals surface area contributed by atoms with Crippen LogP contribution in [-0.2, 0) is 22.5 Å². The molecule has 0 radical (unpaired) electrons. The van der Waals surface area contributed by atoms with Crippen LogP contribution >= 0.6 is 11.8 Å². The van der Waals surface area contributed by atoms with E-state index in [4.69, 9.17) is 4.74 Å². The van der Waals surface area contributed by atoms with Crippen LogP contribution in [0.3, 0.4) is 0 Å². The van der Waals surface area contributed by atoms with Gasteiger partial charge in [0.1, 0.15) is 5.82 Å². The number of ether oxygens (including phenoxy) is 1. The van der Waals surface area contributed by atoms with Crippen LogP contribution in [0.25, 0.3) is 0 Å². The molecule has 0 spiro atoms. The number of aryl methyl sites for hydroxylation is 1. The van der Waals surface area contributed by atoms with Crippen LogP contribution < -0.4 is 0 Å². The molecular weight excluding hydrogens is 336 g/mol. The number of carbonyl (C=O) groups is 1. The molecule has 1 aliphatic rings. The maximum absolute atomic E-state index is 12.7. The molecule has 25 heavy (non-hydrogen) atoms. The van der Waals surface area contributed by atoms with Crippen molar-refractivity contribution in [1.29, 1.82) is 0 Å². The molecule has 1 amide bonds. The number of piperidine rings is 1. The Morgan fingerprint density at radius 2 is 2.00 bits per heavy atom. The Morgan fingerprint density at radius 3 is 2.64 bits per heavy atom. The van der Waals surface area contributed by atoms with Crippen molar-refractivity contribution < 1.29 is 9.53 Å². The summed E-state index contributed by atoms with van der Waals surface area (Å²) in [5, 5.41) is 9.52. The summed E-state index contributed by atoms with van der Waals surface area (Å²) in [6, 6.07) is 0.680. The van der Waals surface area contributed by atoms with Crippen molar-refractivity contribution in [2.24, 2.45) is 0 Å². The molecule has 1 aliphatic heterocycles. The average Bonchev–Trinajstić information content (AvgIpc) is 2.95. The summed E-state index contributed by atoms with van der Waals surface area (Å²) in [4.78, 5) is 14.8. The molecule has 142 valence electrons. The Bertz CT molecular complexity index is 539. The molecular formula is C18H32N4O2S. The lowest BCUT2D eigenvalue weighted by atomic mass is 9.98. The van der Waals surface area contributed by atoms with E-state index in [1.54, 1.807) is 7.11 Å². The van der Waals surface area contributed by atoms with Gasteiger partial charge in [-0.3, -0.25) is 4.79 Å². The number of methoxy groups -OCH3 is 1. The fraction of sp³-hybridized carbons (Fsp3) is 0.833. The molecule has 1 saturated heterocycles. The summed E-state index contributed by atoms with van der Waals surface area (Å²) in [5.74, 6) is 1.66. The third-order valence-corrected chi connectivity index (χ3v) is 5.76. The number of hydrogen-bond acceptors (Lipinski definition) is 5. The third-order valence-electron chi connectivity index (χ3n) is 4.80. The van der Waals surface area contributed by atoms with Gasteiger partial charge in [-0.1, -0.05) is 18.7 Å². The molecule has 0 bridgehead atoms. The molecule has 0 aliphatic carbocycles. The Balaban J connectivity index is 2.00. The van der Waals surface area contributed by atoms with Crippen LogP contribution in [-0.4, -0.2) is 57.1 Å². The number of aromatic nitrogens is 3. The number of carbonyl (C=O) groups excluding carboxylic acids is 1. The van der Waals surface area contributed by atoms with E-state index in [0.29, 0.717) is 17.8 Å². The molecule has 0 unspecified atom stereocenters. The zero-order valence-electron chi connectivity index (χ0n) is 16.0. The first-order chi connectivity index (χ1) is 12.1. The molecule has 2 atom stereocenters. The van der Waals surface area contributed by atoms with Crippen LogP contribution in [0.1, 0.15) is 58.7 Å². The molecule has 6 nitrogen and oxygen atoms in total. The highest BCUT2D eigenvalue weighted by molar-refractivity contribution is 7.99. The van der Waals surface area contributed by atoms with E-state index in [1.807, 2.05) is 0 Å². The van der Waals surface area contributed by atoms with Crippen molar-refractivity contribution in [2.45, 2.75) is 83.1 Å². The summed E-state index contributed by atoms with van der Waals surface area (Å²) < 4.78 is 7.32. The Morgan fingerprint density at radius 1 is 1.28 bits per heavy atom. The second kappa shape index (κ2) is 10.2. The molecule has 2 rings (SSSR count). The second-order valence-corrected chi connectivity index (χ2v) is 7.81. The van der Waals surface area contributed by atoms with Gasteiger partial charge >= 0.3 is 0 Å². The van der Waals surface area contributed by atoms with Crippen molar-refractivity contribution in [2.75, 3.05) is 19.5 Å². The SMILES string of the molecule is CCCc1nnc(SCC(=O)N2[C@@H](C)CCC[C@@H]2C)n1CCCOC. The van der Waals surface area contributed by atoms with E-state index in [1.165, 1.54) is 18.2 Å². The van der Waals surface area contributed by atoms with Crippen molar-refractivity contribution in [3.63, 3.8) is 0 Å². The third kappa shape index (κ3) is 5.45. The summed E-state index contributed by atoms with van der Waals surface area (Å²) >= 11 is 1.51. The summed E-state index contributed by atoms with van der Waals surface area (Å²) in [7, 11) is 1.72. The van der Waals surface area contributed by atoms with Gasteiger partial charge in [0.2, 0.25) is 5.91 Å². The second-order valence-electron chi connectivity index (χ2n) is 6.87. The van der Waals surface area contributed by atoms with Gasteiger partial charge in [-0.05, 0) is 46.0 Å². The van der Waals surface area contributed by atoms with Gasteiger partial charge in [0.25, 0.3) is 0 Å². The van der Waals surface area contributed by atoms with E-state index in [-0.39, 0.29) is 5.91 Å². The summed E-state index contributed by atoms with van der Waals surface area (Å²) in [5.41, 5.74) is 0. The van der Waals surface area contributed by atoms with Gasteiger partial charge in [0.15, 0.2) is 5.16 Å². The topological polar surface area (TPSA) is 60.2 Å². The zero-order valence-corrected chi connectivity index (χ0v) is 16.8. The largest absolute Gasteiger partial charge is 0.385 e. The normalized spacial score (nSPS) is 20.9. The molecule has 0 saturated carbocycles. The molecule has 0 aromatic carbocycles. The Labute approximate surface area is 155 Å². The molecule has 0 N–H and O–H groups in total. The first kappa shape index (κ1) is 20.2. The smallest absolute Gasteiger partial charge is 0.233 e. The van der Waals surface area contributed by atoms with Crippen molar-refractivity contribution in [3.8, 4) is 0 Å². The van der Waals surface area contributed by atoms with Crippen LogP contribution in [0.2, 0.25) is 0 Å². The maximum atomic E-state index is 12.7. The summed E-state index contributed by atoms with van der Waals surface area (Å²) in [6.07, 6.45) is 6.30. The van der Waals surface area contributed by atoms with E-state index in [0.717, 1.165) is 56.2 Å². The molecule has 7 heteroatoms. The van der Waals surface area contributed by atoms with E-state index in [9.17, 15) is 4.79 Å². The van der Waals surface area contributed by atoms with Crippen molar-refractivity contribution in [1.82, 2.24) is 19.7 Å². The van der Waals surface area contributed by atoms with Gasteiger partial charge in [-0.25, -0.2) is 0 Å². The molecule has 1 aromatic heterocycles. The molecule has 1 fully saturated rings. The summed E-state index contributed by atoms with van der Waals surface area (Å²) in [6.45, 7) is 8.01. The van der Waals surface area contributed by atoms with Gasteiger partial charge in [-0.2, -0.15) is 0 Å². The number of amides is 1. The van der Waals surface area contributed by atoms with Gasteiger partial charge in [0, 0.05) is 38.8 Å². The van der Waals surface area contributed by atoms with Crippen molar-refractivity contribution in [3.05, 3.63) is 5.82 Å². The predicted molar refractivity (Wildman–Crippen MR) is 101 cm³/mol. The van der Waals surface area contributed by atoms with E-state index >= 15 is 0 Å². The number of rotatable bonds is 9. The minimum absolute atomic E-state index is 0.216. The van der Waals surface area contributed by atoms with Crippen LogP contribution in [0.4, 0.5) is 0 Å². The minimum atomic E-state index is 0.216. The van der Waals surface area contributed by atoms with Crippen LogP contribution in [0, 0.1) is 0 Å². The highest BCUT2D eigenvalue weighted by atomic mass is 32.2. The lowest BCUT2D eigenvalue weighted by Gasteiger charge is -2.39. The molecule has 2 heterocycles. The number of nitrogens with zero attached hydrogens (tertiary/aromatic N) is 4. The minimum Gasteiger partial charge on any atom is -0.385 e. The zero-order chi connectivity index (χ0) is 18.2. The number of likely N-dealkylation sites (tertiary alicyclic amines) is 1. The fourth-order valence-corrected chi connectivity index (χ4v) is 4.39. The Kier molecular flexibility index (Phi) is 8.22. The lowest BCUT2D eigenvalue weighted by molar-refractivity contribution is -0.134. The highest BCUT2D eigenvalue weighted by Gasteiger charge is 2.29. The average molecular weight is 369 g/mol. The quantitative estimate of drug-likeness (QED) is 0.495. The van der Waals surface area contributed by atoms with Crippen molar-refractivity contribution >= 4 is 17.7 Å². The van der Waals surface area contributed by atoms with Gasteiger partial charge < -0.3 is 14.2 Å². The first-order valence-electron chi connectivity index (χ1n) is 9.43. The van der Waals surface area contributed by atoms with E-state index in [2.05, 4.69) is 40.4 Å². The lowest BCUT2D eigenvalue weighted by Crippen LogP contribution is -2.48. The number of thioether (sulfide) groups is 1. The first-order valence-corrected chi connectivity index (χ1v) is 10.4. The fourth-order valence-electron chi connectivity index (χ4n) is 3.54. The van der Waals surface area contributed by atoms with E-state index < -0.39 is 0 Å². The number of hydrogen-bond donors (Lipinski definition) is 0. The molecule has 1 aromatic rings. The standard InChI is InChI=1S/C18H32N4O2S/c1-5-8-16-19-20-18(21(16)11-7-12-24-4)25-13-17(23)22-14(2)9-6-10-15(22)3/h14-15H,5-13H2,1-4H3/t14-,15-/m0/s1. The predicted octanol–water partition coefficient (Wildman–Crippen LogP) is 3.15.